The third-order valence-corrected chi connectivity index (χ3v) is 2.09. The summed E-state index contributed by atoms with van der Waals surface area (Å²) >= 11 is 0. The quantitative estimate of drug-likeness (QED) is 0.598. The lowest BCUT2D eigenvalue weighted by Gasteiger charge is -2.39. The lowest BCUT2D eigenvalue weighted by molar-refractivity contribution is -0.0905. The van der Waals surface area contributed by atoms with Gasteiger partial charge in [-0.2, -0.15) is 5.26 Å². The van der Waals surface area contributed by atoms with E-state index in [1.54, 1.807) is 0 Å². The first kappa shape index (κ1) is 7.52. The number of nitriles is 1. The maximum atomic E-state index is 8.73. The van der Waals surface area contributed by atoms with Crippen LogP contribution in [0, 0.1) is 16.7 Å². The third kappa shape index (κ3) is 0.898. The molecule has 1 heterocycles. The fraction of sp³-hybridized carbons (Fsp3) is 0.857. The van der Waals surface area contributed by atoms with Crippen LogP contribution in [0.4, 0.5) is 0 Å². The zero-order valence-electron chi connectivity index (χ0n) is 6.13. The van der Waals surface area contributed by atoms with Crippen LogP contribution in [0.5, 0.6) is 0 Å². The van der Waals surface area contributed by atoms with E-state index in [2.05, 4.69) is 6.07 Å². The molecule has 1 aliphatic heterocycles. The minimum absolute atomic E-state index is 0.0220. The van der Waals surface area contributed by atoms with Crippen LogP contribution in [-0.2, 0) is 4.74 Å². The van der Waals surface area contributed by atoms with Crippen LogP contribution < -0.4 is 5.73 Å². The van der Waals surface area contributed by atoms with E-state index in [1.165, 1.54) is 0 Å². The van der Waals surface area contributed by atoms with Crippen molar-refractivity contribution in [2.24, 2.45) is 11.1 Å². The Morgan fingerprint density at radius 3 is 2.50 bits per heavy atom. The molecule has 0 amide bonds. The third-order valence-electron chi connectivity index (χ3n) is 2.09. The monoisotopic (exact) mass is 140 g/mol. The highest BCUT2D eigenvalue weighted by atomic mass is 16.5. The molecule has 1 unspecified atom stereocenters. The summed E-state index contributed by atoms with van der Waals surface area (Å²) in [7, 11) is 0. The average Bonchev–Trinajstić information content (AvgIpc) is 1.86. The standard InChI is InChI=1S/C7H12N2O/c1-2-6(9)7(3-8)4-10-5-7/h6H,2,4-5,9H2,1H3. The largest absolute Gasteiger partial charge is 0.378 e. The van der Waals surface area contributed by atoms with E-state index < -0.39 is 0 Å². The highest BCUT2D eigenvalue weighted by Crippen LogP contribution is 2.30. The van der Waals surface area contributed by atoms with Gasteiger partial charge in [-0.05, 0) is 6.42 Å². The SMILES string of the molecule is CCC(N)C1(C#N)COC1. The molecule has 1 atom stereocenters. The summed E-state index contributed by atoms with van der Waals surface area (Å²) in [4.78, 5) is 0. The van der Waals surface area contributed by atoms with Gasteiger partial charge in [-0.3, -0.25) is 0 Å². The van der Waals surface area contributed by atoms with Crippen molar-refractivity contribution in [1.29, 1.82) is 5.26 Å². The van der Waals surface area contributed by atoms with Crippen LogP contribution >= 0.6 is 0 Å². The molecule has 3 heteroatoms. The fourth-order valence-corrected chi connectivity index (χ4v) is 1.07. The summed E-state index contributed by atoms with van der Waals surface area (Å²) in [5, 5.41) is 8.73. The van der Waals surface area contributed by atoms with Crippen molar-refractivity contribution < 1.29 is 4.74 Å². The molecule has 0 aromatic rings. The second kappa shape index (κ2) is 2.57. The van der Waals surface area contributed by atoms with E-state index in [0.717, 1.165) is 6.42 Å². The molecule has 0 radical (unpaired) electrons. The Morgan fingerprint density at radius 2 is 2.40 bits per heavy atom. The highest BCUT2D eigenvalue weighted by molar-refractivity contribution is 5.09. The van der Waals surface area contributed by atoms with E-state index in [1.807, 2.05) is 6.92 Å². The summed E-state index contributed by atoms with van der Waals surface area (Å²) < 4.78 is 4.95. The van der Waals surface area contributed by atoms with Gasteiger partial charge in [-0.25, -0.2) is 0 Å². The first-order valence-electron chi connectivity index (χ1n) is 3.50. The molecule has 10 heavy (non-hydrogen) atoms. The molecule has 0 aliphatic carbocycles. The minimum atomic E-state index is -0.366. The van der Waals surface area contributed by atoms with Gasteiger partial charge >= 0.3 is 0 Å². The summed E-state index contributed by atoms with van der Waals surface area (Å²) in [6.07, 6.45) is 0.844. The lowest BCUT2D eigenvalue weighted by atomic mass is 9.79. The van der Waals surface area contributed by atoms with E-state index in [4.69, 9.17) is 15.7 Å². The molecule has 1 aliphatic rings. The van der Waals surface area contributed by atoms with Crippen LogP contribution in [0.1, 0.15) is 13.3 Å². The smallest absolute Gasteiger partial charge is 0.119 e. The van der Waals surface area contributed by atoms with Crippen molar-refractivity contribution in [1.82, 2.24) is 0 Å². The van der Waals surface area contributed by atoms with Gasteiger partial charge in [0.05, 0.1) is 19.3 Å². The summed E-state index contributed by atoms with van der Waals surface area (Å²) in [5.74, 6) is 0. The molecule has 1 fully saturated rings. The predicted octanol–water partition coefficient (Wildman–Crippen LogP) is 0.264. The minimum Gasteiger partial charge on any atom is -0.378 e. The number of ether oxygens (including phenoxy) is 1. The molecule has 0 saturated carbocycles. The van der Waals surface area contributed by atoms with Crippen molar-refractivity contribution in [3.05, 3.63) is 0 Å². The molecule has 2 N–H and O–H groups in total. The van der Waals surface area contributed by atoms with E-state index in [-0.39, 0.29) is 11.5 Å². The van der Waals surface area contributed by atoms with Gasteiger partial charge in [-0.1, -0.05) is 6.92 Å². The van der Waals surface area contributed by atoms with Crippen molar-refractivity contribution >= 4 is 0 Å². The first-order valence-corrected chi connectivity index (χ1v) is 3.50. The van der Waals surface area contributed by atoms with Gasteiger partial charge in [0.1, 0.15) is 5.41 Å². The molecule has 0 aromatic heterocycles. The Kier molecular flexibility index (Phi) is 1.93. The summed E-state index contributed by atoms with van der Waals surface area (Å²) in [6.45, 7) is 3.01. The molecular weight excluding hydrogens is 128 g/mol. The molecular formula is C7H12N2O. The second-order valence-corrected chi connectivity index (χ2v) is 2.78. The lowest BCUT2D eigenvalue weighted by Crippen LogP contribution is -2.53. The number of nitrogens with zero attached hydrogens (tertiary/aromatic N) is 1. The van der Waals surface area contributed by atoms with Crippen molar-refractivity contribution in [3.63, 3.8) is 0 Å². The summed E-state index contributed by atoms with van der Waals surface area (Å²) in [6, 6.07) is 2.19. The average molecular weight is 140 g/mol. The number of nitrogens with two attached hydrogens (primary N) is 1. The zero-order chi connectivity index (χ0) is 7.61. The van der Waals surface area contributed by atoms with E-state index in [0.29, 0.717) is 13.2 Å². The first-order chi connectivity index (χ1) is 4.75. The molecule has 56 valence electrons. The summed E-state index contributed by atoms with van der Waals surface area (Å²) in [5.41, 5.74) is 5.35. The molecule has 0 spiro atoms. The van der Waals surface area contributed by atoms with Gasteiger partial charge in [0.25, 0.3) is 0 Å². The van der Waals surface area contributed by atoms with Crippen molar-refractivity contribution in [2.75, 3.05) is 13.2 Å². The van der Waals surface area contributed by atoms with Crippen LogP contribution in [-0.4, -0.2) is 19.3 Å². The van der Waals surface area contributed by atoms with Gasteiger partial charge in [-0.15, -0.1) is 0 Å². The zero-order valence-corrected chi connectivity index (χ0v) is 6.13. The Labute approximate surface area is 60.8 Å². The topological polar surface area (TPSA) is 59.0 Å². The number of hydrogen-bond donors (Lipinski definition) is 1. The molecule has 0 bridgehead atoms. The highest BCUT2D eigenvalue weighted by Gasteiger charge is 2.43. The van der Waals surface area contributed by atoms with E-state index in [9.17, 15) is 0 Å². The second-order valence-electron chi connectivity index (χ2n) is 2.78. The van der Waals surface area contributed by atoms with Gasteiger partial charge in [0.15, 0.2) is 0 Å². The maximum absolute atomic E-state index is 8.73. The Hall–Kier alpha value is -0.590. The fourth-order valence-electron chi connectivity index (χ4n) is 1.07. The Bertz CT molecular complexity index is 157. The predicted molar refractivity (Wildman–Crippen MR) is 37.1 cm³/mol. The maximum Gasteiger partial charge on any atom is 0.119 e. The van der Waals surface area contributed by atoms with Crippen LogP contribution in [0.3, 0.4) is 0 Å². The van der Waals surface area contributed by atoms with Crippen molar-refractivity contribution in [2.45, 2.75) is 19.4 Å². The van der Waals surface area contributed by atoms with Crippen LogP contribution in [0.25, 0.3) is 0 Å². The van der Waals surface area contributed by atoms with Crippen LogP contribution in [0.2, 0.25) is 0 Å². The number of rotatable bonds is 2. The Morgan fingerprint density at radius 1 is 1.80 bits per heavy atom. The van der Waals surface area contributed by atoms with E-state index >= 15 is 0 Å². The normalized spacial score (nSPS) is 24.5. The van der Waals surface area contributed by atoms with Gasteiger partial charge in [0.2, 0.25) is 0 Å². The molecule has 1 rings (SSSR count). The van der Waals surface area contributed by atoms with Crippen molar-refractivity contribution in [3.8, 4) is 6.07 Å². The van der Waals surface area contributed by atoms with Crippen LogP contribution in [0.15, 0.2) is 0 Å². The van der Waals surface area contributed by atoms with Gasteiger partial charge in [0, 0.05) is 6.04 Å². The van der Waals surface area contributed by atoms with Gasteiger partial charge < -0.3 is 10.5 Å². The molecule has 0 aromatic carbocycles. The molecule has 3 nitrogen and oxygen atoms in total. The Balaban J connectivity index is 2.57. The molecule has 1 saturated heterocycles. The number of hydrogen-bond acceptors (Lipinski definition) is 3.